The summed E-state index contributed by atoms with van der Waals surface area (Å²) in [6, 6.07) is 18.8. The normalized spacial score (nSPS) is 11.6. The molecule has 1 amide bonds. The fourth-order valence-corrected chi connectivity index (χ4v) is 3.78. The molecule has 0 saturated carbocycles. The number of benzene rings is 2. The Morgan fingerprint density at radius 2 is 2.03 bits per heavy atom. The first-order valence-corrected chi connectivity index (χ1v) is 10.0. The van der Waals surface area contributed by atoms with Crippen LogP contribution >= 0.6 is 11.8 Å². The van der Waals surface area contributed by atoms with Crippen LogP contribution in [0.15, 0.2) is 84.8 Å². The molecule has 0 saturated heterocycles. The van der Waals surface area contributed by atoms with Crippen LogP contribution in [0.3, 0.4) is 0 Å². The Bertz CT molecular complexity index is 1360. The summed E-state index contributed by atoms with van der Waals surface area (Å²) in [5.41, 5.74) is 6.16. The Morgan fingerprint density at radius 1 is 1.13 bits per heavy atom. The van der Waals surface area contributed by atoms with Gasteiger partial charge in [0.25, 0.3) is 0 Å². The smallest absolute Gasteiger partial charge is 0.307 e. The van der Waals surface area contributed by atoms with Crippen LogP contribution in [0.2, 0.25) is 0 Å². The number of H-pyrrole nitrogens is 1. The monoisotopic (exact) mass is 416 g/mol. The predicted octanol–water partition coefficient (Wildman–Crippen LogP) is 5.13. The van der Waals surface area contributed by atoms with Crippen molar-refractivity contribution in [2.24, 2.45) is 5.10 Å². The number of furan rings is 2. The molecule has 0 spiro atoms. The van der Waals surface area contributed by atoms with Gasteiger partial charge < -0.3 is 13.8 Å². The molecule has 0 unspecified atom stereocenters. The van der Waals surface area contributed by atoms with E-state index >= 15 is 0 Å². The first-order chi connectivity index (χ1) is 14.6. The Kier molecular flexibility index (Phi) is 4.61. The number of imidazole rings is 1. The fraction of sp³-hybridized carbons (Fsp3) is 0.0455. The molecule has 0 fully saturated rings. The highest BCUT2D eigenvalue weighted by Gasteiger charge is 2.11. The molecule has 5 rings (SSSR count). The van der Waals surface area contributed by atoms with Crippen molar-refractivity contribution in [2.45, 2.75) is 17.2 Å². The van der Waals surface area contributed by atoms with E-state index in [1.165, 1.54) is 23.5 Å². The van der Waals surface area contributed by atoms with Gasteiger partial charge in [0.15, 0.2) is 16.0 Å². The van der Waals surface area contributed by atoms with Gasteiger partial charge in [-0.2, -0.15) is 5.10 Å². The minimum absolute atomic E-state index is 0.198. The zero-order valence-electron chi connectivity index (χ0n) is 15.9. The van der Waals surface area contributed by atoms with Gasteiger partial charge in [0, 0.05) is 5.39 Å². The lowest BCUT2D eigenvalue weighted by Crippen LogP contribution is -2.16. The number of para-hydroxylation sites is 1. The topological polar surface area (TPSA) is 96.4 Å². The summed E-state index contributed by atoms with van der Waals surface area (Å²) in [5.74, 6) is 0.277. The van der Waals surface area contributed by atoms with Crippen molar-refractivity contribution in [2.75, 3.05) is 0 Å². The van der Waals surface area contributed by atoms with E-state index in [0.717, 1.165) is 21.6 Å². The summed E-state index contributed by atoms with van der Waals surface area (Å²) >= 11 is 1.38. The van der Waals surface area contributed by atoms with Crippen molar-refractivity contribution < 1.29 is 13.6 Å². The molecule has 2 N–H and O–H groups in total. The highest BCUT2D eigenvalue weighted by atomic mass is 32.2. The average Bonchev–Trinajstić information content (AvgIpc) is 3.45. The third-order valence-electron chi connectivity index (χ3n) is 4.42. The zero-order chi connectivity index (χ0) is 20.5. The van der Waals surface area contributed by atoms with E-state index in [2.05, 4.69) is 26.6 Å². The third kappa shape index (κ3) is 3.72. The van der Waals surface area contributed by atoms with Gasteiger partial charge in [-0.3, -0.25) is 4.79 Å². The fourth-order valence-electron chi connectivity index (χ4n) is 3.01. The molecule has 8 heteroatoms. The van der Waals surface area contributed by atoms with Gasteiger partial charge in [-0.25, -0.2) is 10.4 Å². The van der Waals surface area contributed by atoms with E-state index in [-0.39, 0.29) is 5.76 Å². The van der Waals surface area contributed by atoms with Crippen molar-refractivity contribution in [3.8, 4) is 0 Å². The number of aryl methyl sites for hydroxylation is 1. The SMILES string of the molecule is Cc1ccc2nc(Sc3ccc(/C=N/NC(=O)c4cc5ccccc5o4)o3)[nH]c2c1. The van der Waals surface area contributed by atoms with Crippen molar-refractivity contribution >= 4 is 45.9 Å². The van der Waals surface area contributed by atoms with Crippen molar-refractivity contribution in [3.63, 3.8) is 0 Å². The van der Waals surface area contributed by atoms with Gasteiger partial charge >= 0.3 is 5.91 Å². The molecule has 30 heavy (non-hydrogen) atoms. The van der Waals surface area contributed by atoms with Crippen molar-refractivity contribution in [1.82, 2.24) is 15.4 Å². The van der Waals surface area contributed by atoms with Gasteiger partial charge in [0.1, 0.15) is 11.3 Å². The molecular weight excluding hydrogens is 400 g/mol. The molecule has 0 aliphatic rings. The number of carbonyl (C=O) groups excluding carboxylic acids is 1. The number of nitrogens with zero attached hydrogens (tertiary/aromatic N) is 2. The largest absolute Gasteiger partial charge is 0.451 e. The molecule has 3 heterocycles. The van der Waals surface area contributed by atoms with E-state index in [9.17, 15) is 4.79 Å². The Hall–Kier alpha value is -3.78. The molecule has 5 aromatic rings. The first-order valence-electron chi connectivity index (χ1n) is 9.20. The maximum atomic E-state index is 12.2. The number of aromatic nitrogens is 2. The van der Waals surface area contributed by atoms with Crippen molar-refractivity contribution in [1.29, 1.82) is 0 Å². The number of rotatable bonds is 5. The van der Waals surface area contributed by atoms with Crippen LogP contribution in [-0.4, -0.2) is 22.1 Å². The number of aromatic amines is 1. The second kappa shape index (κ2) is 7.57. The molecule has 0 atom stereocenters. The minimum atomic E-state index is -0.429. The van der Waals surface area contributed by atoms with Gasteiger partial charge in [-0.05, 0) is 60.6 Å². The van der Waals surface area contributed by atoms with Gasteiger partial charge in [0.2, 0.25) is 0 Å². The highest BCUT2D eigenvalue weighted by molar-refractivity contribution is 7.99. The van der Waals surface area contributed by atoms with E-state index in [1.54, 1.807) is 18.2 Å². The molecule has 0 radical (unpaired) electrons. The number of fused-ring (bicyclic) bond motifs is 2. The number of nitrogens with one attached hydrogen (secondary N) is 2. The second-order valence-corrected chi connectivity index (χ2v) is 7.66. The summed E-state index contributed by atoms with van der Waals surface area (Å²) in [6.07, 6.45) is 1.44. The number of carbonyl (C=O) groups is 1. The molecule has 148 valence electrons. The Labute approximate surface area is 175 Å². The number of hydrogen-bond donors (Lipinski definition) is 2. The molecule has 3 aromatic heterocycles. The summed E-state index contributed by atoms with van der Waals surface area (Å²) in [6.45, 7) is 2.04. The molecule has 7 nitrogen and oxygen atoms in total. The maximum Gasteiger partial charge on any atom is 0.307 e. The van der Waals surface area contributed by atoms with Gasteiger partial charge in [-0.1, -0.05) is 24.3 Å². The van der Waals surface area contributed by atoms with Crippen LogP contribution in [0.25, 0.3) is 22.0 Å². The van der Waals surface area contributed by atoms with Crippen LogP contribution in [0.4, 0.5) is 0 Å². The van der Waals surface area contributed by atoms with Crippen molar-refractivity contribution in [3.05, 3.63) is 77.7 Å². The molecule has 0 aliphatic heterocycles. The standard InChI is InChI=1S/C22H16N4O3S/c1-13-6-8-16-17(10-13)25-22(24-16)30-20-9-7-15(28-20)12-23-26-21(27)19-11-14-4-2-3-5-18(14)29-19/h2-12H,1H3,(H,24,25)(H,26,27)/b23-12+. The van der Waals surface area contributed by atoms with Gasteiger partial charge in [0.05, 0.1) is 17.2 Å². The summed E-state index contributed by atoms with van der Waals surface area (Å²) in [4.78, 5) is 20.0. The molecule has 0 aliphatic carbocycles. The number of hydrazone groups is 1. The van der Waals surface area contributed by atoms with Crippen LogP contribution in [0.1, 0.15) is 21.9 Å². The Balaban J connectivity index is 1.23. The molecule has 2 aromatic carbocycles. The van der Waals surface area contributed by atoms with E-state index in [1.807, 2.05) is 43.3 Å². The zero-order valence-corrected chi connectivity index (χ0v) is 16.7. The average molecular weight is 416 g/mol. The lowest BCUT2D eigenvalue weighted by atomic mass is 10.2. The van der Waals surface area contributed by atoms with Crippen LogP contribution in [-0.2, 0) is 0 Å². The number of amides is 1. The summed E-state index contributed by atoms with van der Waals surface area (Å²) < 4.78 is 11.2. The predicted molar refractivity (Wildman–Crippen MR) is 115 cm³/mol. The highest BCUT2D eigenvalue weighted by Crippen LogP contribution is 2.28. The summed E-state index contributed by atoms with van der Waals surface area (Å²) in [5, 5.41) is 6.21. The van der Waals surface area contributed by atoms with E-state index in [4.69, 9.17) is 8.83 Å². The third-order valence-corrected chi connectivity index (χ3v) is 5.23. The minimum Gasteiger partial charge on any atom is -0.451 e. The van der Waals surface area contributed by atoms with Crippen LogP contribution < -0.4 is 5.43 Å². The van der Waals surface area contributed by atoms with Crippen LogP contribution in [0.5, 0.6) is 0 Å². The van der Waals surface area contributed by atoms with Crippen LogP contribution in [0, 0.1) is 6.92 Å². The van der Waals surface area contributed by atoms with Gasteiger partial charge in [-0.15, -0.1) is 0 Å². The lowest BCUT2D eigenvalue weighted by Gasteiger charge is -1.94. The summed E-state index contributed by atoms with van der Waals surface area (Å²) in [7, 11) is 0. The second-order valence-electron chi connectivity index (χ2n) is 6.67. The van der Waals surface area contributed by atoms with E-state index in [0.29, 0.717) is 16.4 Å². The molecular formula is C22H16N4O3S. The number of hydrogen-bond acceptors (Lipinski definition) is 6. The first kappa shape index (κ1) is 18.3. The quantitative estimate of drug-likeness (QED) is 0.306. The Morgan fingerprint density at radius 3 is 2.93 bits per heavy atom. The van der Waals surface area contributed by atoms with E-state index < -0.39 is 5.91 Å². The maximum absolute atomic E-state index is 12.2. The molecule has 0 bridgehead atoms. The lowest BCUT2D eigenvalue weighted by molar-refractivity contribution is 0.0929.